The summed E-state index contributed by atoms with van der Waals surface area (Å²) in [5, 5.41) is 3.06. The van der Waals surface area contributed by atoms with E-state index in [2.05, 4.69) is 10.0 Å². The number of sulfonamides is 1. The van der Waals surface area contributed by atoms with Crippen molar-refractivity contribution < 1.29 is 17.2 Å². The molecule has 108 valence electrons. The van der Waals surface area contributed by atoms with Crippen LogP contribution in [-0.2, 0) is 10.0 Å². The van der Waals surface area contributed by atoms with Crippen molar-refractivity contribution in [2.45, 2.75) is 23.8 Å². The maximum absolute atomic E-state index is 13.0. The van der Waals surface area contributed by atoms with E-state index in [0.717, 1.165) is 25.1 Å². The molecular weight excluding hydrogens is 298 g/mol. The summed E-state index contributed by atoms with van der Waals surface area (Å²) in [6, 6.07) is 2.01. The third kappa shape index (κ3) is 4.38. The Hall–Kier alpha value is -0.760. The van der Waals surface area contributed by atoms with Crippen LogP contribution < -0.4 is 10.0 Å². The number of rotatable bonds is 3. The highest BCUT2D eigenvalue weighted by Gasteiger charge is 2.22. The predicted octanol–water partition coefficient (Wildman–Crippen LogP) is 1.42. The number of hydrogen-bond donors (Lipinski definition) is 2. The Morgan fingerprint density at radius 1 is 1.21 bits per heavy atom. The summed E-state index contributed by atoms with van der Waals surface area (Å²) in [6.07, 6.45) is 1.58. The van der Waals surface area contributed by atoms with E-state index in [4.69, 9.17) is 0 Å². The van der Waals surface area contributed by atoms with Crippen LogP contribution in [-0.4, -0.2) is 27.5 Å². The van der Waals surface area contributed by atoms with Gasteiger partial charge in [0.1, 0.15) is 11.6 Å². The molecule has 1 aliphatic heterocycles. The molecule has 1 atom stereocenters. The van der Waals surface area contributed by atoms with Gasteiger partial charge in [0.25, 0.3) is 0 Å². The van der Waals surface area contributed by atoms with E-state index in [1.54, 1.807) is 0 Å². The van der Waals surface area contributed by atoms with Gasteiger partial charge in [-0.25, -0.2) is 21.9 Å². The number of halogens is 3. The Kier molecular flexibility index (Phi) is 5.66. The van der Waals surface area contributed by atoms with Gasteiger partial charge in [-0.3, -0.25) is 0 Å². The number of hydrogen-bond acceptors (Lipinski definition) is 3. The fourth-order valence-electron chi connectivity index (χ4n) is 1.92. The Morgan fingerprint density at radius 2 is 1.84 bits per heavy atom. The van der Waals surface area contributed by atoms with E-state index >= 15 is 0 Å². The van der Waals surface area contributed by atoms with Crippen molar-refractivity contribution in [3.8, 4) is 0 Å². The van der Waals surface area contributed by atoms with Crippen molar-refractivity contribution >= 4 is 22.4 Å². The van der Waals surface area contributed by atoms with Gasteiger partial charge in [0.2, 0.25) is 10.0 Å². The summed E-state index contributed by atoms with van der Waals surface area (Å²) in [5.74, 6) is -1.81. The van der Waals surface area contributed by atoms with Gasteiger partial charge in [-0.1, -0.05) is 0 Å². The van der Waals surface area contributed by atoms with E-state index in [-0.39, 0.29) is 23.3 Å². The molecule has 0 spiro atoms. The molecule has 4 nitrogen and oxygen atoms in total. The first-order valence-electron chi connectivity index (χ1n) is 5.66. The van der Waals surface area contributed by atoms with Crippen LogP contribution in [0.4, 0.5) is 8.78 Å². The van der Waals surface area contributed by atoms with E-state index < -0.39 is 21.7 Å². The molecule has 0 aromatic heterocycles. The van der Waals surface area contributed by atoms with Gasteiger partial charge in [0.05, 0.1) is 4.90 Å². The Balaban J connectivity index is 0.00000180. The molecule has 2 rings (SSSR count). The second-order valence-electron chi connectivity index (χ2n) is 4.27. The van der Waals surface area contributed by atoms with Gasteiger partial charge in [-0.2, -0.15) is 0 Å². The first kappa shape index (κ1) is 16.3. The normalized spacial score (nSPS) is 19.8. The smallest absolute Gasteiger partial charge is 0.241 e. The molecule has 1 unspecified atom stereocenters. The maximum atomic E-state index is 13.0. The summed E-state index contributed by atoms with van der Waals surface area (Å²) in [5.41, 5.74) is 0. The fraction of sp³-hybridized carbons (Fsp3) is 0.455. The van der Waals surface area contributed by atoms with Crippen molar-refractivity contribution in [3.05, 3.63) is 29.8 Å². The fourth-order valence-corrected chi connectivity index (χ4v) is 3.24. The van der Waals surface area contributed by atoms with Crippen molar-refractivity contribution in [2.75, 3.05) is 13.1 Å². The van der Waals surface area contributed by atoms with Gasteiger partial charge in [-0.15, -0.1) is 12.4 Å². The molecule has 2 N–H and O–H groups in total. The molecule has 0 aliphatic carbocycles. The van der Waals surface area contributed by atoms with Crippen molar-refractivity contribution in [2.24, 2.45) is 0 Å². The first-order chi connectivity index (χ1) is 8.47. The SMILES string of the molecule is Cl.O=S(=O)(NC1CCCNC1)c1cc(F)cc(F)c1. The minimum absolute atomic E-state index is 0. The molecule has 1 aromatic carbocycles. The van der Waals surface area contributed by atoms with Crippen LogP contribution in [0.5, 0.6) is 0 Å². The molecule has 8 heteroatoms. The molecule has 0 bridgehead atoms. The van der Waals surface area contributed by atoms with Crippen LogP contribution in [0.3, 0.4) is 0 Å². The molecule has 19 heavy (non-hydrogen) atoms. The molecule has 1 saturated heterocycles. The number of nitrogens with one attached hydrogen (secondary N) is 2. The third-order valence-corrected chi connectivity index (χ3v) is 4.27. The molecule has 0 amide bonds. The maximum Gasteiger partial charge on any atom is 0.241 e. The van der Waals surface area contributed by atoms with Gasteiger partial charge in [0, 0.05) is 18.7 Å². The summed E-state index contributed by atoms with van der Waals surface area (Å²) in [4.78, 5) is -0.384. The zero-order valence-corrected chi connectivity index (χ0v) is 11.7. The second-order valence-corrected chi connectivity index (χ2v) is 5.98. The predicted molar refractivity (Wildman–Crippen MR) is 69.8 cm³/mol. The topological polar surface area (TPSA) is 58.2 Å². The first-order valence-corrected chi connectivity index (χ1v) is 7.15. The second kappa shape index (κ2) is 6.60. The molecule has 1 fully saturated rings. The third-order valence-electron chi connectivity index (χ3n) is 2.77. The largest absolute Gasteiger partial charge is 0.315 e. The number of piperidine rings is 1. The van der Waals surface area contributed by atoms with Crippen LogP contribution in [0.15, 0.2) is 23.1 Å². The zero-order chi connectivity index (χ0) is 13.2. The summed E-state index contributed by atoms with van der Waals surface area (Å²) in [7, 11) is -3.87. The Labute approximate surface area is 117 Å². The van der Waals surface area contributed by atoms with E-state index in [1.165, 1.54) is 0 Å². The Morgan fingerprint density at radius 3 is 2.37 bits per heavy atom. The minimum atomic E-state index is -3.87. The summed E-state index contributed by atoms with van der Waals surface area (Å²) >= 11 is 0. The van der Waals surface area contributed by atoms with Crippen LogP contribution in [0.2, 0.25) is 0 Å². The minimum Gasteiger partial charge on any atom is -0.315 e. The van der Waals surface area contributed by atoms with Crippen LogP contribution >= 0.6 is 12.4 Å². The molecule has 1 heterocycles. The average molecular weight is 313 g/mol. The average Bonchev–Trinajstić information content (AvgIpc) is 2.28. The molecule has 0 radical (unpaired) electrons. The zero-order valence-electron chi connectivity index (χ0n) is 10.0. The van der Waals surface area contributed by atoms with E-state index in [1.807, 2.05) is 0 Å². The molecule has 1 aromatic rings. The Bertz CT molecular complexity index is 513. The van der Waals surface area contributed by atoms with Crippen LogP contribution in [0.25, 0.3) is 0 Å². The summed E-state index contributed by atoms with van der Waals surface area (Å²) in [6.45, 7) is 1.38. The lowest BCUT2D eigenvalue weighted by atomic mass is 10.1. The van der Waals surface area contributed by atoms with Crippen LogP contribution in [0, 0.1) is 11.6 Å². The quantitative estimate of drug-likeness (QED) is 0.887. The van der Waals surface area contributed by atoms with E-state index in [0.29, 0.717) is 19.0 Å². The van der Waals surface area contributed by atoms with Crippen molar-refractivity contribution in [1.29, 1.82) is 0 Å². The van der Waals surface area contributed by atoms with Gasteiger partial charge < -0.3 is 5.32 Å². The van der Waals surface area contributed by atoms with Gasteiger partial charge in [-0.05, 0) is 31.5 Å². The molecule has 1 aliphatic rings. The van der Waals surface area contributed by atoms with Gasteiger partial charge in [0.15, 0.2) is 0 Å². The number of benzene rings is 1. The van der Waals surface area contributed by atoms with Gasteiger partial charge >= 0.3 is 0 Å². The van der Waals surface area contributed by atoms with Crippen molar-refractivity contribution in [1.82, 2.24) is 10.0 Å². The molecular formula is C11H15ClF2N2O2S. The monoisotopic (exact) mass is 312 g/mol. The highest BCUT2D eigenvalue weighted by molar-refractivity contribution is 7.89. The highest BCUT2D eigenvalue weighted by Crippen LogP contribution is 2.15. The van der Waals surface area contributed by atoms with E-state index in [9.17, 15) is 17.2 Å². The lowest BCUT2D eigenvalue weighted by Crippen LogP contribution is -2.45. The van der Waals surface area contributed by atoms with Crippen molar-refractivity contribution in [3.63, 3.8) is 0 Å². The van der Waals surface area contributed by atoms with Crippen LogP contribution in [0.1, 0.15) is 12.8 Å². The summed E-state index contributed by atoms with van der Waals surface area (Å²) < 4.78 is 52.3. The highest BCUT2D eigenvalue weighted by atomic mass is 35.5. The molecule has 0 saturated carbocycles. The lowest BCUT2D eigenvalue weighted by molar-refractivity contribution is 0.428. The standard InChI is InChI=1S/C11H14F2N2O2S.ClH/c12-8-4-9(13)6-11(5-8)18(16,17)15-10-2-1-3-14-7-10;/h4-6,10,14-15H,1-3,7H2;1H. The lowest BCUT2D eigenvalue weighted by Gasteiger charge is -2.23.